The Bertz CT molecular complexity index is 366. The lowest BCUT2D eigenvalue weighted by Crippen LogP contribution is -2.15. The van der Waals surface area contributed by atoms with E-state index in [1.807, 2.05) is 13.0 Å². The van der Waals surface area contributed by atoms with Gasteiger partial charge in [0, 0.05) is 12.2 Å². The standard InChI is InChI=1S/C17H30N2O/c1-3-4-5-6-7-8-9-10-13-18-14-16-17(20)12-11-15(2)19-16/h11-12,18,20H,3-10,13-14H2,1-2H3. The van der Waals surface area contributed by atoms with E-state index in [0.29, 0.717) is 12.3 Å². The number of aromatic nitrogens is 1. The second-order valence-corrected chi connectivity index (χ2v) is 5.57. The largest absolute Gasteiger partial charge is 0.506 e. The van der Waals surface area contributed by atoms with Crippen molar-refractivity contribution in [2.24, 2.45) is 0 Å². The van der Waals surface area contributed by atoms with Crippen LogP contribution >= 0.6 is 0 Å². The molecular weight excluding hydrogens is 248 g/mol. The van der Waals surface area contributed by atoms with Crippen LogP contribution in [0.25, 0.3) is 0 Å². The number of aromatic hydroxyl groups is 1. The minimum atomic E-state index is 0.291. The molecule has 0 atom stereocenters. The molecule has 0 fully saturated rings. The summed E-state index contributed by atoms with van der Waals surface area (Å²) in [6.45, 7) is 5.86. The summed E-state index contributed by atoms with van der Waals surface area (Å²) in [5.41, 5.74) is 1.70. The quantitative estimate of drug-likeness (QED) is 0.592. The molecule has 0 aliphatic rings. The van der Waals surface area contributed by atoms with Crippen LogP contribution in [-0.2, 0) is 6.54 Å². The summed E-state index contributed by atoms with van der Waals surface area (Å²) < 4.78 is 0. The van der Waals surface area contributed by atoms with Crippen molar-refractivity contribution < 1.29 is 5.11 Å². The number of pyridine rings is 1. The van der Waals surface area contributed by atoms with Gasteiger partial charge in [-0.3, -0.25) is 4.98 Å². The highest BCUT2D eigenvalue weighted by Crippen LogP contribution is 2.14. The molecule has 0 radical (unpaired) electrons. The molecule has 1 aromatic rings. The molecule has 114 valence electrons. The van der Waals surface area contributed by atoms with Gasteiger partial charge in [-0.05, 0) is 32.0 Å². The van der Waals surface area contributed by atoms with Crippen molar-refractivity contribution in [3.05, 3.63) is 23.5 Å². The van der Waals surface area contributed by atoms with Gasteiger partial charge in [0.1, 0.15) is 5.75 Å². The molecule has 1 heterocycles. The molecule has 0 saturated carbocycles. The molecule has 0 amide bonds. The maximum absolute atomic E-state index is 9.68. The Labute approximate surface area is 123 Å². The first-order valence-corrected chi connectivity index (χ1v) is 8.10. The van der Waals surface area contributed by atoms with Crippen molar-refractivity contribution >= 4 is 0 Å². The number of nitrogens with one attached hydrogen (secondary N) is 1. The summed E-state index contributed by atoms with van der Waals surface area (Å²) in [7, 11) is 0. The van der Waals surface area contributed by atoms with Crippen LogP contribution in [0.15, 0.2) is 12.1 Å². The lowest BCUT2D eigenvalue weighted by atomic mass is 10.1. The number of hydrogen-bond donors (Lipinski definition) is 2. The van der Waals surface area contributed by atoms with Crippen molar-refractivity contribution in [2.45, 2.75) is 71.8 Å². The Morgan fingerprint density at radius 1 is 1.00 bits per heavy atom. The topological polar surface area (TPSA) is 45.2 Å². The second-order valence-electron chi connectivity index (χ2n) is 5.57. The molecule has 3 heteroatoms. The minimum absolute atomic E-state index is 0.291. The van der Waals surface area contributed by atoms with E-state index in [4.69, 9.17) is 0 Å². The smallest absolute Gasteiger partial charge is 0.138 e. The maximum atomic E-state index is 9.68. The van der Waals surface area contributed by atoms with Gasteiger partial charge in [0.25, 0.3) is 0 Å². The van der Waals surface area contributed by atoms with Crippen LogP contribution in [0, 0.1) is 6.92 Å². The van der Waals surface area contributed by atoms with Crippen LogP contribution < -0.4 is 5.32 Å². The monoisotopic (exact) mass is 278 g/mol. The zero-order valence-corrected chi connectivity index (χ0v) is 13.1. The highest BCUT2D eigenvalue weighted by molar-refractivity contribution is 5.27. The van der Waals surface area contributed by atoms with Crippen LogP contribution in [0.5, 0.6) is 5.75 Å². The Balaban J connectivity index is 1.98. The fourth-order valence-corrected chi connectivity index (χ4v) is 2.32. The Hall–Kier alpha value is -1.09. The Kier molecular flexibility index (Phi) is 9.05. The first-order chi connectivity index (χ1) is 9.74. The molecule has 3 nitrogen and oxygen atoms in total. The highest BCUT2D eigenvalue weighted by atomic mass is 16.3. The van der Waals surface area contributed by atoms with E-state index >= 15 is 0 Å². The summed E-state index contributed by atoms with van der Waals surface area (Å²) >= 11 is 0. The molecule has 1 rings (SSSR count). The number of unbranched alkanes of at least 4 members (excludes halogenated alkanes) is 7. The van der Waals surface area contributed by atoms with Gasteiger partial charge in [0.2, 0.25) is 0 Å². The first kappa shape index (κ1) is 17.0. The van der Waals surface area contributed by atoms with Crippen molar-refractivity contribution in [2.75, 3.05) is 6.54 Å². The van der Waals surface area contributed by atoms with Gasteiger partial charge in [-0.1, -0.05) is 51.9 Å². The lowest BCUT2D eigenvalue weighted by molar-refractivity contribution is 0.458. The summed E-state index contributed by atoms with van der Waals surface area (Å²) in [5, 5.41) is 13.0. The summed E-state index contributed by atoms with van der Waals surface area (Å²) in [5.74, 6) is 0.291. The number of hydrogen-bond acceptors (Lipinski definition) is 3. The highest BCUT2D eigenvalue weighted by Gasteiger charge is 2.02. The van der Waals surface area contributed by atoms with Crippen molar-refractivity contribution in [3.8, 4) is 5.75 Å². The molecule has 0 spiro atoms. The second kappa shape index (κ2) is 10.7. The van der Waals surface area contributed by atoms with Crippen LogP contribution in [0.1, 0.15) is 69.7 Å². The molecule has 20 heavy (non-hydrogen) atoms. The molecule has 2 N–H and O–H groups in total. The summed E-state index contributed by atoms with van der Waals surface area (Å²) in [4.78, 5) is 4.34. The predicted octanol–water partition coefficient (Wildman–Crippen LogP) is 4.33. The Morgan fingerprint density at radius 3 is 2.35 bits per heavy atom. The SMILES string of the molecule is CCCCCCCCCCNCc1nc(C)ccc1O. The van der Waals surface area contributed by atoms with Gasteiger partial charge in [-0.15, -0.1) is 0 Å². The molecule has 0 aromatic carbocycles. The van der Waals surface area contributed by atoms with Crippen molar-refractivity contribution in [1.29, 1.82) is 0 Å². The van der Waals surface area contributed by atoms with Crippen LogP contribution in [0.3, 0.4) is 0 Å². The van der Waals surface area contributed by atoms with Gasteiger partial charge >= 0.3 is 0 Å². The fraction of sp³-hybridized carbons (Fsp3) is 0.706. The third-order valence-corrected chi connectivity index (χ3v) is 3.59. The normalized spacial score (nSPS) is 10.9. The van der Waals surface area contributed by atoms with E-state index in [-0.39, 0.29) is 0 Å². The van der Waals surface area contributed by atoms with E-state index < -0.39 is 0 Å². The molecule has 0 saturated heterocycles. The van der Waals surface area contributed by atoms with Crippen LogP contribution in [-0.4, -0.2) is 16.6 Å². The third kappa shape index (κ3) is 7.49. The number of rotatable bonds is 11. The van der Waals surface area contributed by atoms with E-state index in [1.54, 1.807) is 6.07 Å². The zero-order chi connectivity index (χ0) is 14.6. The number of aryl methyl sites for hydroxylation is 1. The molecule has 0 aliphatic carbocycles. The molecule has 0 unspecified atom stereocenters. The van der Waals surface area contributed by atoms with E-state index in [2.05, 4.69) is 17.2 Å². The molecular formula is C17H30N2O. The van der Waals surface area contributed by atoms with E-state index in [1.165, 1.54) is 51.4 Å². The predicted molar refractivity (Wildman–Crippen MR) is 85.0 cm³/mol. The Morgan fingerprint density at radius 2 is 1.65 bits per heavy atom. The van der Waals surface area contributed by atoms with Gasteiger partial charge in [0.15, 0.2) is 0 Å². The maximum Gasteiger partial charge on any atom is 0.138 e. The average Bonchev–Trinajstić information content (AvgIpc) is 2.44. The van der Waals surface area contributed by atoms with E-state index in [9.17, 15) is 5.11 Å². The summed E-state index contributed by atoms with van der Waals surface area (Å²) in [6, 6.07) is 3.55. The van der Waals surface area contributed by atoms with Gasteiger partial charge < -0.3 is 10.4 Å². The zero-order valence-electron chi connectivity index (χ0n) is 13.1. The van der Waals surface area contributed by atoms with Crippen LogP contribution in [0.4, 0.5) is 0 Å². The number of nitrogens with zero attached hydrogens (tertiary/aromatic N) is 1. The average molecular weight is 278 g/mol. The fourth-order valence-electron chi connectivity index (χ4n) is 2.32. The first-order valence-electron chi connectivity index (χ1n) is 8.10. The van der Waals surface area contributed by atoms with E-state index in [0.717, 1.165) is 17.9 Å². The van der Waals surface area contributed by atoms with Gasteiger partial charge in [0.05, 0.1) is 5.69 Å². The molecule has 0 aliphatic heterocycles. The summed E-state index contributed by atoms with van der Waals surface area (Å²) in [6.07, 6.45) is 10.7. The van der Waals surface area contributed by atoms with Crippen molar-refractivity contribution in [3.63, 3.8) is 0 Å². The minimum Gasteiger partial charge on any atom is -0.506 e. The molecule has 1 aromatic heterocycles. The molecule has 0 bridgehead atoms. The van der Waals surface area contributed by atoms with Crippen molar-refractivity contribution in [1.82, 2.24) is 10.3 Å². The lowest BCUT2D eigenvalue weighted by Gasteiger charge is -2.07. The van der Waals surface area contributed by atoms with Gasteiger partial charge in [-0.25, -0.2) is 0 Å². The van der Waals surface area contributed by atoms with Gasteiger partial charge in [-0.2, -0.15) is 0 Å². The van der Waals surface area contributed by atoms with Crippen LogP contribution in [0.2, 0.25) is 0 Å². The third-order valence-electron chi connectivity index (χ3n) is 3.59.